The molecule has 2 atom stereocenters. The van der Waals surface area contributed by atoms with Crippen LogP contribution in [0.4, 0.5) is 0 Å². The molecule has 5 nitrogen and oxygen atoms in total. The molecule has 34 heavy (non-hydrogen) atoms. The van der Waals surface area contributed by atoms with Crippen molar-refractivity contribution in [2.75, 3.05) is 13.7 Å². The molecule has 0 N–H and O–H groups in total. The van der Waals surface area contributed by atoms with E-state index in [1.54, 1.807) is 23.9 Å². The van der Waals surface area contributed by atoms with Crippen molar-refractivity contribution in [3.05, 3.63) is 64.3 Å². The maximum Gasteiger partial charge on any atom is 0.272 e. The van der Waals surface area contributed by atoms with Crippen LogP contribution >= 0.6 is 23.2 Å². The number of fused-ring (bicyclic) bond motifs is 2. The number of aromatic nitrogens is 2. The predicted octanol–water partition coefficient (Wildman–Crippen LogP) is 6.90. The fourth-order valence-electron chi connectivity index (χ4n) is 6.12. The first-order valence-electron chi connectivity index (χ1n) is 11.6. The second-order valence-corrected chi connectivity index (χ2v) is 11.6. The van der Waals surface area contributed by atoms with E-state index in [9.17, 15) is 4.79 Å². The first-order chi connectivity index (χ1) is 16.1. The number of methoxy groups -OCH3 is 1. The second-order valence-electron chi connectivity index (χ2n) is 10.8. The fraction of sp³-hybridized carbons (Fsp3) is 0.407. The Bertz CT molecular complexity index is 1270. The van der Waals surface area contributed by atoms with Gasteiger partial charge in [-0.3, -0.25) is 4.79 Å². The Morgan fingerprint density at radius 3 is 2.59 bits per heavy atom. The third-order valence-electron chi connectivity index (χ3n) is 7.12. The van der Waals surface area contributed by atoms with E-state index in [-0.39, 0.29) is 22.8 Å². The molecule has 1 aromatic heterocycles. The monoisotopic (exact) mass is 497 g/mol. The van der Waals surface area contributed by atoms with E-state index in [1.165, 1.54) is 0 Å². The number of carbonyl (C=O) groups is 1. The van der Waals surface area contributed by atoms with E-state index in [2.05, 4.69) is 25.7 Å². The molecule has 7 heteroatoms. The summed E-state index contributed by atoms with van der Waals surface area (Å²) in [6.07, 6.45) is 3.19. The lowest BCUT2D eigenvalue weighted by Gasteiger charge is -2.39. The topological polar surface area (TPSA) is 47.4 Å². The van der Waals surface area contributed by atoms with E-state index in [0.29, 0.717) is 27.1 Å². The van der Waals surface area contributed by atoms with E-state index >= 15 is 0 Å². The van der Waals surface area contributed by atoms with Gasteiger partial charge in [0.1, 0.15) is 11.4 Å². The van der Waals surface area contributed by atoms with Crippen molar-refractivity contribution in [1.82, 2.24) is 14.7 Å². The smallest absolute Gasteiger partial charge is 0.272 e. The zero-order valence-electron chi connectivity index (χ0n) is 19.9. The number of carbonyl (C=O) groups excluding carboxylic acids is 1. The summed E-state index contributed by atoms with van der Waals surface area (Å²) >= 11 is 12.5. The summed E-state index contributed by atoms with van der Waals surface area (Å²) < 4.78 is 7.08. The van der Waals surface area contributed by atoms with Gasteiger partial charge in [-0.2, -0.15) is 5.10 Å². The molecule has 3 aromatic rings. The number of hydrogen-bond acceptors (Lipinski definition) is 3. The molecule has 1 saturated carbocycles. The van der Waals surface area contributed by atoms with Crippen molar-refractivity contribution >= 4 is 29.1 Å². The van der Waals surface area contributed by atoms with Crippen molar-refractivity contribution in [2.45, 2.75) is 46.1 Å². The van der Waals surface area contributed by atoms with Crippen LogP contribution in [0.15, 0.2) is 48.5 Å². The molecule has 5 rings (SSSR count). The highest BCUT2D eigenvalue weighted by molar-refractivity contribution is 6.42. The minimum Gasteiger partial charge on any atom is -0.497 e. The number of ether oxygens (including phenoxy) is 1. The minimum atomic E-state index is -0.000793. The Balaban J connectivity index is 1.60. The number of likely N-dealkylation sites (tertiary alicyclic amines) is 1. The van der Waals surface area contributed by atoms with E-state index in [1.807, 2.05) is 36.4 Å². The third kappa shape index (κ3) is 4.20. The molecular weight excluding hydrogens is 469 g/mol. The van der Waals surface area contributed by atoms with Crippen LogP contribution in [0.3, 0.4) is 0 Å². The fourth-order valence-corrected chi connectivity index (χ4v) is 6.41. The summed E-state index contributed by atoms with van der Waals surface area (Å²) in [5, 5.41) is 5.71. The van der Waals surface area contributed by atoms with Gasteiger partial charge in [-0.15, -0.1) is 0 Å². The molecule has 178 valence electrons. The van der Waals surface area contributed by atoms with Crippen LogP contribution in [0.2, 0.25) is 10.0 Å². The lowest BCUT2D eigenvalue weighted by molar-refractivity contribution is 0.0699. The van der Waals surface area contributed by atoms with Crippen LogP contribution in [-0.4, -0.2) is 40.3 Å². The number of benzene rings is 2. The van der Waals surface area contributed by atoms with Crippen molar-refractivity contribution in [1.29, 1.82) is 0 Å². The van der Waals surface area contributed by atoms with Gasteiger partial charge in [-0.1, -0.05) is 56.1 Å². The SMILES string of the molecule is COc1cccc(-c2cc(C(=O)N3C[C@@]4(C)C[C@H]3CC(C)(C)C4)n(-c3ccc(Cl)c(Cl)c3)n2)c1. The highest BCUT2D eigenvalue weighted by atomic mass is 35.5. The number of hydrogen-bond donors (Lipinski definition) is 0. The minimum absolute atomic E-state index is 0.000793. The van der Waals surface area contributed by atoms with Gasteiger partial charge in [0.25, 0.3) is 5.91 Å². The van der Waals surface area contributed by atoms with Crippen LogP contribution in [0.5, 0.6) is 5.75 Å². The van der Waals surface area contributed by atoms with Gasteiger partial charge in [-0.25, -0.2) is 4.68 Å². The van der Waals surface area contributed by atoms with E-state index in [4.69, 9.17) is 33.0 Å². The highest BCUT2D eigenvalue weighted by Gasteiger charge is 2.51. The quantitative estimate of drug-likeness (QED) is 0.393. The summed E-state index contributed by atoms with van der Waals surface area (Å²) in [5.74, 6) is 0.733. The Labute approximate surface area is 210 Å². The molecule has 0 radical (unpaired) electrons. The zero-order valence-corrected chi connectivity index (χ0v) is 21.5. The van der Waals surface area contributed by atoms with Crippen molar-refractivity contribution in [3.8, 4) is 22.7 Å². The lowest BCUT2D eigenvalue weighted by Crippen LogP contribution is -2.38. The molecule has 1 aliphatic heterocycles. The Morgan fingerprint density at radius 2 is 1.85 bits per heavy atom. The number of amides is 1. The number of halogens is 2. The average molecular weight is 498 g/mol. The maximum absolute atomic E-state index is 14.0. The summed E-state index contributed by atoms with van der Waals surface area (Å²) in [4.78, 5) is 16.1. The largest absolute Gasteiger partial charge is 0.497 e. The Kier molecular flexibility index (Phi) is 5.69. The van der Waals surface area contributed by atoms with Crippen LogP contribution in [-0.2, 0) is 0 Å². The van der Waals surface area contributed by atoms with Crippen molar-refractivity contribution < 1.29 is 9.53 Å². The molecule has 0 unspecified atom stereocenters. The number of rotatable bonds is 4. The van der Waals surface area contributed by atoms with Crippen LogP contribution in [0.1, 0.15) is 50.5 Å². The standard InChI is InChI=1S/C27H29Cl2N3O2/c1-26(2)13-19-14-27(3,15-26)16-31(19)25(33)24-12-23(17-6-5-7-20(10-17)34-4)30-32(24)18-8-9-21(28)22(29)11-18/h5-12,19H,13-16H2,1-4H3/t19-,27+/m1/s1. The van der Waals surface area contributed by atoms with Gasteiger partial charge < -0.3 is 9.64 Å². The molecule has 2 heterocycles. The maximum atomic E-state index is 14.0. The highest BCUT2D eigenvalue weighted by Crippen LogP contribution is 2.52. The van der Waals surface area contributed by atoms with E-state index in [0.717, 1.165) is 37.1 Å². The summed E-state index contributed by atoms with van der Waals surface area (Å²) in [6.45, 7) is 7.70. The van der Waals surface area contributed by atoms with Gasteiger partial charge in [0.15, 0.2) is 0 Å². The summed E-state index contributed by atoms with van der Waals surface area (Å²) in [5.41, 5.74) is 3.16. The Hall–Kier alpha value is -2.50. The van der Waals surface area contributed by atoms with Gasteiger partial charge in [-0.05, 0) is 66.5 Å². The van der Waals surface area contributed by atoms with Crippen molar-refractivity contribution in [2.24, 2.45) is 10.8 Å². The predicted molar refractivity (Wildman–Crippen MR) is 136 cm³/mol. The summed E-state index contributed by atoms with van der Waals surface area (Å²) in [7, 11) is 1.63. The van der Waals surface area contributed by atoms with Crippen LogP contribution in [0.25, 0.3) is 16.9 Å². The normalized spacial score (nSPS) is 23.2. The second kappa shape index (κ2) is 8.31. The van der Waals surface area contributed by atoms with Crippen molar-refractivity contribution in [3.63, 3.8) is 0 Å². The molecular formula is C27H29Cl2N3O2. The van der Waals surface area contributed by atoms with Gasteiger partial charge in [0, 0.05) is 18.2 Å². The lowest BCUT2D eigenvalue weighted by atomic mass is 9.65. The zero-order chi connectivity index (χ0) is 24.3. The average Bonchev–Trinajstić information content (AvgIpc) is 3.33. The summed E-state index contributed by atoms with van der Waals surface area (Å²) in [6, 6.07) is 15.1. The molecule has 0 spiro atoms. The molecule has 2 aliphatic rings. The van der Waals surface area contributed by atoms with Gasteiger partial charge >= 0.3 is 0 Å². The van der Waals surface area contributed by atoms with Gasteiger partial charge in [0.05, 0.1) is 28.5 Å². The third-order valence-corrected chi connectivity index (χ3v) is 7.86. The van der Waals surface area contributed by atoms with Crippen LogP contribution in [0, 0.1) is 10.8 Å². The molecule has 1 amide bonds. The first-order valence-corrected chi connectivity index (χ1v) is 12.3. The molecule has 2 bridgehead atoms. The van der Waals surface area contributed by atoms with E-state index < -0.39 is 0 Å². The first kappa shape index (κ1) is 23.3. The molecule has 2 fully saturated rings. The van der Waals surface area contributed by atoms with Gasteiger partial charge in [0.2, 0.25) is 0 Å². The molecule has 2 aromatic carbocycles. The Morgan fingerprint density at radius 1 is 1.06 bits per heavy atom. The molecule has 1 aliphatic carbocycles. The van der Waals surface area contributed by atoms with Crippen LogP contribution < -0.4 is 4.74 Å². The number of nitrogens with zero attached hydrogens (tertiary/aromatic N) is 3. The molecule has 1 saturated heterocycles.